The maximum absolute atomic E-state index is 5.85. The van der Waals surface area contributed by atoms with Crippen molar-refractivity contribution in [1.29, 1.82) is 0 Å². The lowest BCUT2D eigenvalue weighted by Gasteiger charge is -2.16. The van der Waals surface area contributed by atoms with Gasteiger partial charge in [-0.2, -0.15) is 0 Å². The Morgan fingerprint density at radius 2 is 1.93 bits per heavy atom. The normalized spacial score (nSPS) is 12.4. The Morgan fingerprint density at radius 1 is 1.29 bits per heavy atom. The van der Waals surface area contributed by atoms with Crippen molar-refractivity contribution in [3.8, 4) is 11.5 Å². The number of benzene rings is 1. The van der Waals surface area contributed by atoms with Gasteiger partial charge in [0, 0.05) is 16.1 Å². The van der Waals surface area contributed by atoms with Gasteiger partial charge in [-0.1, -0.05) is 15.9 Å². The molecule has 0 aliphatic rings. The van der Waals surface area contributed by atoms with Crippen LogP contribution in [0.5, 0.6) is 11.5 Å². The number of hydrogen-bond acceptors (Lipinski definition) is 3. The Bertz CT molecular complexity index is 326. The molecule has 0 saturated carbocycles. The zero-order chi connectivity index (χ0) is 10.7. The second-order valence-corrected chi connectivity index (χ2v) is 3.84. The zero-order valence-corrected chi connectivity index (χ0v) is 10.1. The molecule has 1 aromatic rings. The van der Waals surface area contributed by atoms with Crippen LogP contribution in [0.3, 0.4) is 0 Å². The van der Waals surface area contributed by atoms with Crippen molar-refractivity contribution in [3.63, 3.8) is 0 Å². The highest BCUT2D eigenvalue weighted by Gasteiger charge is 2.16. The van der Waals surface area contributed by atoms with Crippen LogP contribution < -0.4 is 15.2 Å². The third-order valence-corrected chi connectivity index (χ3v) is 2.68. The average Bonchev–Trinajstić information content (AvgIpc) is 2.16. The molecule has 78 valence electrons. The molecule has 0 saturated heterocycles. The topological polar surface area (TPSA) is 44.5 Å². The summed E-state index contributed by atoms with van der Waals surface area (Å²) in [5.74, 6) is 1.39. The van der Waals surface area contributed by atoms with Crippen LogP contribution in [0, 0.1) is 0 Å². The predicted octanol–water partition coefficient (Wildman–Crippen LogP) is 2.49. The van der Waals surface area contributed by atoms with Crippen molar-refractivity contribution in [2.24, 2.45) is 5.73 Å². The number of methoxy groups -OCH3 is 2. The van der Waals surface area contributed by atoms with E-state index in [1.165, 1.54) is 0 Å². The molecular weight excluding hydrogens is 246 g/mol. The lowest BCUT2D eigenvalue weighted by Crippen LogP contribution is -2.08. The number of rotatable bonds is 3. The van der Waals surface area contributed by atoms with E-state index in [-0.39, 0.29) is 6.04 Å². The van der Waals surface area contributed by atoms with E-state index in [2.05, 4.69) is 15.9 Å². The van der Waals surface area contributed by atoms with Crippen LogP contribution in [0.15, 0.2) is 16.6 Å². The van der Waals surface area contributed by atoms with Crippen molar-refractivity contribution in [2.75, 3.05) is 14.2 Å². The minimum atomic E-state index is -0.102. The first-order chi connectivity index (χ1) is 6.61. The predicted molar refractivity (Wildman–Crippen MR) is 59.8 cm³/mol. The van der Waals surface area contributed by atoms with Crippen LogP contribution >= 0.6 is 15.9 Å². The Kier molecular flexibility index (Phi) is 3.77. The van der Waals surface area contributed by atoms with Gasteiger partial charge in [-0.15, -0.1) is 0 Å². The summed E-state index contributed by atoms with van der Waals surface area (Å²) in [5.41, 5.74) is 6.77. The Labute approximate surface area is 92.3 Å². The molecule has 0 aliphatic carbocycles. The number of ether oxygens (including phenoxy) is 2. The van der Waals surface area contributed by atoms with E-state index in [9.17, 15) is 0 Å². The molecule has 0 spiro atoms. The molecule has 2 N–H and O–H groups in total. The van der Waals surface area contributed by atoms with Crippen LogP contribution in [0.2, 0.25) is 0 Å². The first-order valence-corrected chi connectivity index (χ1v) is 5.07. The third-order valence-electron chi connectivity index (χ3n) is 1.99. The van der Waals surface area contributed by atoms with Gasteiger partial charge in [0.05, 0.1) is 14.2 Å². The minimum Gasteiger partial charge on any atom is -0.493 e. The zero-order valence-electron chi connectivity index (χ0n) is 8.50. The molecule has 1 rings (SSSR count). The molecule has 0 fully saturated rings. The van der Waals surface area contributed by atoms with Gasteiger partial charge in [-0.25, -0.2) is 0 Å². The fraction of sp³-hybridized carbons (Fsp3) is 0.400. The summed E-state index contributed by atoms with van der Waals surface area (Å²) in [4.78, 5) is 0. The summed E-state index contributed by atoms with van der Waals surface area (Å²) in [6.07, 6.45) is 0. The molecule has 14 heavy (non-hydrogen) atoms. The minimum absolute atomic E-state index is 0.102. The average molecular weight is 260 g/mol. The lowest BCUT2D eigenvalue weighted by atomic mass is 10.1. The molecule has 1 atom stereocenters. The summed E-state index contributed by atoms with van der Waals surface area (Å²) < 4.78 is 11.4. The van der Waals surface area contributed by atoms with E-state index < -0.39 is 0 Å². The van der Waals surface area contributed by atoms with E-state index in [1.807, 2.05) is 19.1 Å². The SMILES string of the molecule is COc1ccc(Br)c([C@H](C)N)c1OC. The van der Waals surface area contributed by atoms with Gasteiger partial charge in [0.25, 0.3) is 0 Å². The van der Waals surface area contributed by atoms with Gasteiger partial charge >= 0.3 is 0 Å². The van der Waals surface area contributed by atoms with Gasteiger partial charge in [-0.05, 0) is 19.1 Å². The molecule has 0 amide bonds. The van der Waals surface area contributed by atoms with Crippen molar-refractivity contribution >= 4 is 15.9 Å². The molecule has 3 nitrogen and oxygen atoms in total. The van der Waals surface area contributed by atoms with Gasteiger partial charge in [0.1, 0.15) is 0 Å². The number of hydrogen-bond donors (Lipinski definition) is 1. The highest BCUT2D eigenvalue weighted by Crippen LogP contribution is 2.38. The fourth-order valence-corrected chi connectivity index (χ4v) is 2.02. The fourth-order valence-electron chi connectivity index (χ4n) is 1.35. The summed E-state index contributed by atoms with van der Waals surface area (Å²) in [6, 6.07) is 3.64. The Balaban J connectivity index is 3.35. The number of nitrogens with two attached hydrogens (primary N) is 1. The maximum atomic E-state index is 5.85. The highest BCUT2D eigenvalue weighted by atomic mass is 79.9. The van der Waals surface area contributed by atoms with Crippen LogP contribution in [0.25, 0.3) is 0 Å². The Morgan fingerprint density at radius 3 is 2.36 bits per heavy atom. The first-order valence-electron chi connectivity index (χ1n) is 4.27. The quantitative estimate of drug-likeness (QED) is 0.908. The van der Waals surface area contributed by atoms with Gasteiger partial charge in [0.2, 0.25) is 0 Å². The van der Waals surface area contributed by atoms with Crippen molar-refractivity contribution in [1.82, 2.24) is 0 Å². The molecule has 0 bridgehead atoms. The summed E-state index contributed by atoms with van der Waals surface area (Å²) in [7, 11) is 3.22. The van der Waals surface area contributed by atoms with Crippen molar-refractivity contribution < 1.29 is 9.47 Å². The third kappa shape index (κ3) is 2.01. The number of halogens is 1. The van der Waals surface area contributed by atoms with E-state index in [4.69, 9.17) is 15.2 Å². The second-order valence-electron chi connectivity index (χ2n) is 2.99. The molecule has 0 unspecified atom stereocenters. The molecule has 0 aromatic heterocycles. The summed E-state index contributed by atoms with van der Waals surface area (Å²) >= 11 is 3.44. The first kappa shape index (κ1) is 11.3. The van der Waals surface area contributed by atoms with Crippen LogP contribution in [0.1, 0.15) is 18.5 Å². The molecule has 1 aromatic carbocycles. The Hall–Kier alpha value is -0.740. The van der Waals surface area contributed by atoms with E-state index in [1.54, 1.807) is 14.2 Å². The molecule has 4 heteroatoms. The van der Waals surface area contributed by atoms with E-state index in [0.29, 0.717) is 11.5 Å². The lowest BCUT2D eigenvalue weighted by molar-refractivity contribution is 0.349. The monoisotopic (exact) mass is 259 g/mol. The highest BCUT2D eigenvalue weighted by molar-refractivity contribution is 9.10. The van der Waals surface area contributed by atoms with E-state index in [0.717, 1.165) is 10.0 Å². The molecule has 0 heterocycles. The van der Waals surface area contributed by atoms with E-state index >= 15 is 0 Å². The van der Waals surface area contributed by atoms with Crippen molar-refractivity contribution in [2.45, 2.75) is 13.0 Å². The largest absolute Gasteiger partial charge is 0.493 e. The second kappa shape index (κ2) is 4.66. The standard InChI is InChI=1S/C10H14BrNO2/c1-6(12)9-7(11)4-5-8(13-2)10(9)14-3/h4-6H,12H2,1-3H3/t6-/m0/s1. The van der Waals surface area contributed by atoms with Crippen LogP contribution in [-0.2, 0) is 0 Å². The molecule has 0 aliphatic heterocycles. The maximum Gasteiger partial charge on any atom is 0.166 e. The smallest absolute Gasteiger partial charge is 0.166 e. The summed E-state index contributed by atoms with van der Waals surface area (Å²) in [5, 5.41) is 0. The van der Waals surface area contributed by atoms with Gasteiger partial charge in [-0.3, -0.25) is 0 Å². The summed E-state index contributed by atoms with van der Waals surface area (Å²) in [6.45, 7) is 1.90. The molecule has 0 radical (unpaired) electrons. The van der Waals surface area contributed by atoms with Gasteiger partial charge in [0.15, 0.2) is 11.5 Å². The van der Waals surface area contributed by atoms with Crippen LogP contribution in [0.4, 0.5) is 0 Å². The molecular formula is C10H14BrNO2. The van der Waals surface area contributed by atoms with Crippen molar-refractivity contribution in [3.05, 3.63) is 22.2 Å². The van der Waals surface area contributed by atoms with Gasteiger partial charge < -0.3 is 15.2 Å². The van der Waals surface area contributed by atoms with Crippen LogP contribution in [-0.4, -0.2) is 14.2 Å².